The Bertz CT molecular complexity index is 947. The van der Waals surface area contributed by atoms with Gasteiger partial charge in [-0.15, -0.1) is 0 Å². The minimum absolute atomic E-state index is 0.171. The Balaban J connectivity index is 2.13. The second-order valence-corrected chi connectivity index (χ2v) is 12.7. The monoisotopic (exact) mass is 404 g/mol. The number of hydrogen-bond acceptors (Lipinski definition) is 0. The van der Waals surface area contributed by atoms with Crippen molar-refractivity contribution in [3.63, 3.8) is 0 Å². The van der Waals surface area contributed by atoms with Crippen molar-refractivity contribution in [3.05, 3.63) is 104 Å². The van der Waals surface area contributed by atoms with E-state index in [9.17, 15) is 8.78 Å². The van der Waals surface area contributed by atoms with Gasteiger partial charge in [-0.05, 0) is 0 Å². The van der Waals surface area contributed by atoms with Crippen molar-refractivity contribution in [2.24, 2.45) is 0 Å². The quantitative estimate of drug-likeness (QED) is 0.495. The van der Waals surface area contributed by atoms with Gasteiger partial charge in [-0.1, -0.05) is 0 Å². The minimum atomic E-state index is -4.18. The molecule has 136 valence electrons. The summed E-state index contributed by atoms with van der Waals surface area (Å²) in [5.74, 6) is -2.34. The summed E-state index contributed by atoms with van der Waals surface area (Å²) in [7, 11) is 0. The molecule has 0 aromatic heterocycles. The number of benzene rings is 2. The normalized spacial score (nSPS) is 16.0. The third-order valence-corrected chi connectivity index (χ3v) is 13.1. The zero-order valence-electron chi connectivity index (χ0n) is 14.4. The molecule has 0 unspecified atom stereocenters. The molecule has 0 atom stereocenters. The van der Waals surface area contributed by atoms with Crippen LogP contribution < -0.4 is 7.74 Å². The van der Waals surface area contributed by atoms with E-state index >= 15 is 8.78 Å². The van der Waals surface area contributed by atoms with Gasteiger partial charge in [0, 0.05) is 0 Å². The summed E-state index contributed by atoms with van der Waals surface area (Å²) < 4.78 is 60.5. The average Bonchev–Trinajstić information content (AvgIpc) is 3.36. The van der Waals surface area contributed by atoms with Crippen LogP contribution in [-0.2, 0) is 16.6 Å². The third kappa shape index (κ3) is 2.97. The molecular weight excluding hydrogens is 388 g/mol. The summed E-state index contributed by atoms with van der Waals surface area (Å²) in [5, 5.41) is 0. The van der Waals surface area contributed by atoms with Crippen LogP contribution in [0, 0.1) is 23.3 Å². The van der Waals surface area contributed by atoms with Crippen LogP contribution in [0.3, 0.4) is 0 Å². The fourth-order valence-corrected chi connectivity index (χ4v) is 12.2. The summed E-state index contributed by atoms with van der Waals surface area (Å²) in [5.41, 5.74) is 0. The van der Waals surface area contributed by atoms with Gasteiger partial charge in [-0.3, -0.25) is 0 Å². The van der Waals surface area contributed by atoms with Crippen LogP contribution >= 0.6 is 0 Å². The second kappa shape index (κ2) is 7.10. The van der Waals surface area contributed by atoms with Gasteiger partial charge < -0.3 is 0 Å². The zero-order valence-corrected chi connectivity index (χ0v) is 15.9. The summed E-state index contributed by atoms with van der Waals surface area (Å²) in [6, 6.07) is 6.59. The Labute approximate surface area is 158 Å². The van der Waals surface area contributed by atoms with Crippen LogP contribution in [0.4, 0.5) is 17.6 Å². The van der Waals surface area contributed by atoms with Crippen molar-refractivity contribution >= 4 is 7.74 Å². The topological polar surface area (TPSA) is 0 Å². The first-order chi connectivity index (χ1) is 13.0. The molecule has 0 saturated carbocycles. The molecule has 4 rings (SSSR count). The molecule has 2 aliphatic rings. The molecule has 0 spiro atoms. The van der Waals surface area contributed by atoms with E-state index in [1.807, 2.05) is 36.5 Å². The molecule has 0 bridgehead atoms. The van der Waals surface area contributed by atoms with E-state index in [1.165, 1.54) is 0 Å². The SMILES string of the molecule is Fc1ccc(F)[c]([Ti]([C]2=CC=CC2)([C]2=CC=CC2)[c]2cc(F)ccc2F)c1. The van der Waals surface area contributed by atoms with Crippen LogP contribution in [0.5, 0.6) is 0 Å². The maximum atomic E-state index is 15.1. The number of allylic oxidation sites excluding steroid dienone is 8. The Hall–Kier alpha value is -2.17. The van der Waals surface area contributed by atoms with Gasteiger partial charge in [0.2, 0.25) is 0 Å². The Kier molecular flexibility index (Phi) is 4.79. The van der Waals surface area contributed by atoms with Crippen molar-refractivity contribution in [1.82, 2.24) is 0 Å². The fraction of sp³-hybridized carbons (Fsp3) is 0.0909. The maximum absolute atomic E-state index is 15.1. The molecule has 0 N–H and O–H groups in total. The van der Waals surface area contributed by atoms with Gasteiger partial charge in [-0.25, -0.2) is 0 Å². The molecule has 0 radical (unpaired) electrons. The molecule has 0 saturated heterocycles. The number of hydrogen-bond donors (Lipinski definition) is 0. The standard InChI is InChI=1S/2C6H3F2.2C5H5.Ti/c2*7-5-1-2-6(8)4-3-5;2*1-2-4-5-3-1;/h2*1-3H;2*1-3H,4H2;. The molecule has 0 nitrogen and oxygen atoms in total. The van der Waals surface area contributed by atoms with Gasteiger partial charge in [0.05, 0.1) is 0 Å². The van der Waals surface area contributed by atoms with Gasteiger partial charge in [-0.2, -0.15) is 0 Å². The average molecular weight is 404 g/mol. The van der Waals surface area contributed by atoms with Crippen LogP contribution in [-0.4, -0.2) is 0 Å². The van der Waals surface area contributed by atoms with Crippen molar-refractivity contribution in [2.45, 2.75) is 12.8 Å². The molecule has 0 aliphatic heterocycles. The number of halogens is 4. The summed E-state index contributed by atoms with van der Waals surface area (Å²) in [6.07, 6.45) is 12.2. The van der Waals surface area contributed by atoms with Crippen molar-refractivity contribution < 1.29 is 34.2 Å². The predicted molar refractivity (Wildman–Crippen MR) is 95.7 cm³/mol. The molecule has 2 aromatic rings. The molecule has 0 fully saturated rings. The Morgan fingerprint density at radius 2 is 1.07 bits per heavy atom. The van der Waals surface area contributed by atoms with Gasteiger partial charge in [0.15, 0.2) is 0 Å². The molecule has 0 amide bonds. The van der Waals surface area contributed by atoms with E-state index in [4.69, 9.17) is 0 Å². The van der Waals surface area contributed by atoms with Crippen LogP contribution in [0.25, 0.3) is 0 Å². The van der Waals surface area contributed by atoms with Crippen LogP contribution in [0.2, 0.25) is 0 Å². The first-order valence-electron chi connectivity index (χ1n) is 8.67. The van der Waals surface area contributed by atoms with E-state index in [0.29, 0.717) is 12.8 Å². The van der Waals surface area contributed by atoms with E-state index in [2.05, 4.69) is 0 Å². The predicted octanol–water partition coefficient (Wildman–Crippen LogP) is 5.04. The van der Waals surface area contributed by atoms with E-state index < -0.39 is 39.9 Å². The second-order valence-electron chi connectivity index (χ2n) is 6.65. The van der Waals surface area contributed by atoms with E-state index in [1.54, 1.807) is 0 Å². The first-order valence-corrected chi connectivity index (χ1v) is 11.8. The molecule has 2 aromatic carbocycles. The Morgan fingerprint density at radius 3 is 1.44 bits per heavy atom. The van der Waals surface area contributed by atoms with Crippen LogP contribution in [0.1, 0.15) is 12.8 Å². The molecule has 5 heteroatoms. The molecular formula is C22H16F4Ti. The van der Waals surface area contributed by atoms with Crippen molar-refractivity contribution in [1.29, 1.82) is 0 Å². The van der Waals surface area contributed by atoms with Gasteiger partial charge in [0.25, 0.3) is 0 Å². The van der Waals surface area contributed by atoms with E-state index in [-0.39, 0.29) is 7.74 Å². The first kappa shape index (κ1) is 18.2. The summed E-state index contributed by atoms with van der Waals surface area (Å²) in [6.45, 7) is 0. The number of rotatable bonds is 4. The zero-order chi connectivity index (χ0) is 19.0. The fourth-order valence-electron chi connectivity index (χ4n) is 4.06. The summed E-state index contributed by atoms with van der Waals surface area (Å²) in [4.78, 5) is 0. The summed E-state index contributed by atoms with van der Waals surface area (Å²) >= 11 is -4.18. The van der Waals surface area contributed by atoms with Gasteiger partial charge in [0.1, 0.15) is 0 Å². The van der Waals surface area contributed by atoms with Crippen molar-refractivity contribution in [3.8, 4) is 0 Å². The van der Waals surface area contributed by atoms with Crippen LogP contribution in [0.15, 0.2) is 80.6 Å². The molecule has 27 heavy (non-hydrogen) atoms. The van der Waals surface area contributed by atoms with Crippen molar-refractivity contribution in [2.75, 3.05) is 0 Å². The third-order valence-electron chi connectivity index (χ3n) is 5.17. The van der Waals surface area contributed by atoms with E-state index in [0.717, 1.165) is 44.2 Å². The molecule has 0 heterocycles. The van der Waals surface area contributed by atoms with Gasteiger partial charge >= 0.3 is 159 Å². The Morgan fingerprint density at radius 1 is 0.630 bits per heavy atom. The molecule has 2 aliphatic carbocycles.